The fourth-order valence-corrected chi connectivity index (χ4v) is 3.01. The minimum absolute atomic E-state index is 0.0674. The van der Waals surface area contributed by atoms with E-state index in [0.29, 0.717) is 37.9 Å². The Morgan fingerprint density at radius 3 is 2.70 bits per heavy atom. The highest BCUT2D eigenvalue weighted by molar-refractivity contribution is 6.19. The van der Waals surface area contributed by atoms with Gasteiger partial charge in [0.05, 0.1) is 18.8 Å². The molecule has 1 aromatic carbocycles. The number of benzene rings is 1. The SMILES string of the molecule is O=C(NC1(CCl)CCOCC1)c1ccc2c(c1)COC2. The number of nitrogens with one attached hydrogen (secondary N) is 1. The summed E-state index contributed by atoms with van der Waals surface area (Å²) in [6, 6.07) is 5.73. The Kier molecular flexibility index (Phi) is 3.96. The first-order valence-electron chi connectivity index (χ1n) is 6.88. The molecule has 0 aliphatic carbocycles. The lowest BCUT2D eigenvalue weighted by atomic mass is 9.91. The predicted octanol–water partition coefficient (Wildman–Crippen LogP) is 2.23. The van der Waals surface area contributed by atoms with Crippen LogP contribution in [0.4, 0.5) is 0 Å². The van der Waals surface area contributed by atoms with Gasteiger partial charge in [-0.3, -0.25) is 4.79 Å². The Morgan fingerprint density at radius 1 is 1.20 bits per heavy atom. The number of fused-ring (bicyclic) bond motifs is 1. The van der Waals surface area contributed by atoms with E-state index in [-0.39, 0.29) is 11.4 Å². The van der Waals surface area contributed by atoms with Crippen molar-refractivity contribution in [2.75, 3.05) is 19.1 Å². The molecule has 1 aromatic rings. The topological polar surface area (TPSA) is 47.6 Å². The normalized spacial score (nSPS) is 20.4. The Bertz CT molecular complexity index is 512. The first-order chi connectivity index (χ1) is 9.72. The molecule has 2 heterocycles. The molecule has 1 fully saturated rings. The van der Waals surface area contributed by atoms with Gasteiger partial charge in [-0.05, 0) is 36.1 Å². The quantitative estimate of drug-likeness (QED) is 0.870. The van der Waals surface area contributed by atoms with Crippen molar-refractivity contribution in [3.63, 3.8) is 0 Å². The zero-order chi connectivity index (χ0) is 14.0. The van der Waals surface area contributed by atoms with Crippen LogP contribution in [0.2, 0.25) is 0 Å². The molecule has 0 saturated carbocycles. The van der Waals surface area contributed by atoms with Crippen molar-refractivity contribution < 1.29 is 14.3 Å². The lowest BCUT2D eigenvalue weighted by Gasteiger charge is -2.36. The number of carbonyl (C=O) groups excluding carboxylic acids is 1. The maximum atomic E-state index is 12.4. The third-order valence-corrected chi connectivity index (χ3v) is 4.58. The average Bonchev–Trinajstić information content (AvgIpc) is 2.95. The minimum Gasteiger partial charge on any atom is -0.381 e. The maximum absolute atomic E-state index is 12.4. The van der Waals surface area contributed by atoms with Gasteiger partial charge < -0.3 is 14.8 Å². The zero-order valence-electron chi connectivity index (χ0n) is 11.3. The summed E-state index contributed by atoms with van der Waals surface area (Å²) in [5.74, 6) is 0.345. The summed E-state index contributed by atoms with van der Waals surface area (Å²) in [5.41, 5.74) is 2.60. The first kappa shape index (κ1) is 13.9. The fourth-order valence-electron chi connectivity index (χ4n) is 2.68. The zero-order valence-corrected chi connectivity index (χ0v) is 12.0. The highest BCUT2D eigenvalue weighted by atomic mass is 35.5. The number of halogens is 1. The Hall–Kier alpha value is -1.10. The van der Waals surface area contributed by atoms with E-state index in [2.05, 4.69) is 5.32 Å². The summed E-state index contributed by atoms with van der Waals surface area (Å²) in [5, 5.41) is 3.10. The van der Waals surface area contributed by atoms with Crippen LogP contribution in [0.5, 0.6) is 0 Å². The molecule has 1 saturated heterocycles. The van der Waals surface area contributed by atoms with Gasteiger partial charge in [-0.2, -0.15) is 0 Å². The summed E-state index contributed by atoms with van der Waals surface area (Å²) < 4.78 is 10.7. The van der Waals surface area contributed by atoms with E-state index in [1.807, 2.05) is 18.2 Å². The van der Waals surface area contributed by atoms with Crippen molar-refractivity contribution in [3.05, 3.63) is 34.9 Å². The van der Waals surface area contributed by atoms with Crippen LogP contribution in [0.25, 0.3) is 0 Å². The molecule has 4 nitrogen and oxygen atoms in total. The first-order valence-corrected chi connectivity index (χ1v) is 7.42. The second-order valence-electron chi connectivity index (χ2n) is 5.46. The molecule has 1 N–H and O–H groups in total. The van der Waals surface area contributed by atoms with Gasteiger partial charge in [0.1, 0.15) is 0 Å². The third-order valence-electron chi connectivity index (χ3n) is 4.07. The largest absolute Gasteiger partial charge is 0.381 e. The van der Waals surface area contributed by atoms with Gasteiger partial charge >= 0.3 is 0 Å². The molecule has 1 amide bonds. The van der Waals surface area contributed by atoms with E-state index in [1.54, 1.807) is 0 Å². The second kappa shape index (κ2) is 5.72. The van der Waals surface area contributed by atoms with E-state index < -0.39 is 0 Å². The minimum atomic E-state index is -0.341. The van der Waals surface area contributed by atoms with Crippen molar-refractivity contribution in [2.45, 2.75) is 31.6 Å². The van der Waals surface area contributed by atoms with Crippen LogP contribution in [-0.4, -0.2) is 30.5 Å². The Balaban J connectivity index is 1.75. The molecule has 0 aromatic heterocycles. The smallest absolute Gasteiger partial charge is 0.251 e. The van der Waals surface area contributed by atoms with Crippen LogP contribution in [0.1, 0.15) is 34.3 Å². The molecule has 0 radical (unpaired) electrons. The van der Waals surface area contributed by atoms with E-state index in [4.69, 9.17) is 21.1 Å². The van der Waals surface area contributed by atoms with Crippen LogP contribution in [-0.2, 0) is 22.7 Å². The number of hydrogen-bond donors (Lipinski definition) is 1. The molecular weight excluding hydrogens is 278 g/mol. The van der Waals surface area contributed by atoms with Gasteiger partial charge in [0, 0.05) is 24.7 Å². The van der Waals surface area contributed by atoms with Crippen LogP contribution < -0.4 is 5.32 Å². The standard InChI is InChI=1S/C15H18ClNO3/c16-10-15(3-5-19-6-4-15)17-14(18)11-1-2-12-8-20-9-13(12)7-11/h1-2,7H,3-6,8-10H2,(H,17,18). The van der Waals surface area contributed by atoms with Crippen molar-refractivity contribution in [1.29, 1.82) is 0 Å². The van der Waals surface area contributed by atoms with Crippen molar-refractivity contribution >= 4 is 17.5 Å². The van der Waals surface area contributed by atoms with E-state index in [0.717, 1.165) is 18.4 Å². The van der Waals surface area contributed by atoms with Gasteiger partial charge in [-0.1, -0.05) is 6.07 Å². The molecular formula is C15H18ClNO3. The molecule has 3 rings (SSSR count). The number of rotatable bonds is 3. The van der Waals surface area contributed by atoms with Crippen molar-refractivity contribution in [1.82, 2.24) is 5.32 Å². The van der Waals surface area contributed by atoms with E-state index in [1.165, 1.54) is 5.56 Å². The van der Waals surface area contributed by atoms with Crippen LogP contribution in [0.15, 0.2) is 18.2 Å². The summed E-state index contributed by atoms with van der Waals surface area (Å²) in [6.45, 7) is 2.52. The number of amides is 1. The molecule has 0 bridgehead atoms. The lowest BCUT2D eigenvalue weighted by molar-refractivity contribution is 0.0434. The van der Waals surface area contributed by atoms with Crippen molar-refractivity contribution in [3.8, 4) is 0 Å². The average molecular weight is 296 g/mol. The van der Waals surface area contributed by atoms with Crippen LogP contribution in [0.3, 0.4) is 0 Å². The van der Waals surface area contributed by atoms with E-state index >= 15 is 0 Å². The van der Waals surface area contributed by atoms with Crippen molar-refractivity contribution in [2.24, 2.45) is 0 Å². The number of hydrogen-bond acceptors (Lipinski definition) is 3. The maximum Gasteiger partial charge on any atom is 0.251 e. The van der Waals surface area contributed by atoms with Gasteiger partial charge in [-0.25, -0.2) is 0 Å². The van der Waals surface area contributed by atoms with E-state index in [9.17, 15) is 4.79 Å². The molecule has 5 heteroatoms. The second-order valence-corrected chi connectivity index (χ2v) is 5.72. The molecule has 0 unspecified atom stereocenters. The highest BCUT2D eigenvalue weighted by Crippen LogP contribution is 2.24. The Morgan fingerprint density at radius 2 is 1.95 bits per heavy atom. The lowest BCUT2D eigenvalue weighted by Crippen LogP contribution is -2.53. The Labute approximate surface area is 123 Å². The van der Waals surface area contributed by atoms with Gasteiger partial charge in [0.25, 0.3) is 5.91 Å². The summed E-state index contributed by atoms with van der Waals surface area (Å²) in [6.07, 6.45) is 1.52. The molecule has 2 aliphatic rings. The number of carbonyl (C=O) groups is 1. The van der Waals surface area contributed by atoms with Crippen LogP contribution in [0, 0.1) is 0 Å². The summed E-state index contributed by atoms with van der Waals surface area (Å²) in [4.78, 5) is 12.4. The van der Waals surface area contributed by atoms with Gasteiger partial charge in [0.2, 0.25) is 0 Å². The molecule has 108 valence electrons. The summed E-state index contributed by atoms with van der Waals surface area (Å²) in [7, 11) is 0. The molecule has 20 heavy (non-hydrogen) atoms. The predicted molar refractivity (Wildman–Crippen MR) is 75.9 cm³/mol. The van der Waals surface area contributed by atoms with Gasteiger partial charge in [-0.15, -0.1) is 11.6 Å². The third kappa shape index (κ3) is 2.68. The monoisotopic (exact) mass is 295 g/mol. The molecule has 0 atom stereocenters. The summed E-state index contributed by atoms with van der Waals surface area (Å²) >= 11 is 6.07. The number of ether oxygens (including phenoxy) is 2. The fraction of sp³-hybridized carbons (Fsp3) is 0.533. The van der Waals surface area contributed by atoms with Crippen LogP contribution >= 0.6 is 11.6 Å². The van der Waals surface area contributed by atoms with Gasteiger partial charge in [0.15, 0.2) is 0 Å². The molecule has 0 spiro atoms. The number of alkyl halides is 1. The highest BCUT2D eigenvalue weighted by Gasteiger charge is 2.33. The molecule has 2 aliphatic heterocycles.